The molecule has 0 aliphatic carbocycles. The summed E-state index contributed by atoms with van der Waals surface area (Å²) in [7, 11) is 0. The maximum atomic E-state index is 12.0. The molecule has 6 heteroatoms. The first-order chi connectivity index (χ1) is 10.1. The van der Waals surface area contributed by atoms with Crippen LogP contribution in [0.2, 0.25) is 5.02 Å². The molecule has 1 unspecified atom stereocenters. The van der Waals surface area contributed by atoms with Gasteiger partial charge in [-0.1, -0.05) is 42.4 Å². The van der Waals surface area contributed by atoms with Crippen LogP contribution in [0.25, 0.3) is 0 Å². The van der Waals surface area contributed by atoms with Crippen molar-refractivity contribution in [3.05, 3.63) is 34.9 Å². The molecule has 1 heterocycles. The Balaban J connectivity index is 1.84. The van der Waals surface area contributed by atoms with Crippen LogP contribution >= 0.6 is 23.4 Å². The molecule has 2 amide bonds. The van der Waals surface area contributed by atoms with E-state index in [1.807, 2.05) is 31.2 Å². The molecule has 0 aromatic heterocycles. The summed E-state index contributed by atoms with van der Waals surface area (Å²) in [6.07, 6.45) is 1.16. The first kappa shape index (κ1) is 16.2. The van der Waals surface area contributed by atoms with E-state index in [1.54, 1.807) is 4.90 Å². The van der Waals surface area contributed by atoms with Gasteiger partial charge in [-0.3, -0.25) is 9.59 Å². The fraction of sp³-hybridized carbons (Fsp3) is 0.467. The van der Waals surface area contributed by atoms with Gasteiger partial charge in [-0.15, -0.1) is 0 Å². The second kappa shape index (κ2) is 7.71. The Kier molecular flexibility index (Phi) is 5.94. The Bertz CT molecular complexity index is 507. The van der Waals surface area contributed by atoms with E-state index in [1.165, 1.54) is 11.8 Å². The number of carbonyl (C=O) groups excluding carboxylic acids is 2. The minimum absolute atomic E-state index is 0.0154. The zero-order valence-corrected chi connectivity index (χ0v) is 13.5. The summed E-state index contributed by atoms with van der Waals surface area (Å²) in [5.41, 5.74) is 1.04. The van der Waals surface area contributed by atoms with Gasteiger partial charge in [-0.25, -0.2) is 0 Å². The van der Waals surface area contributed by atoms with Crippen molar-refractivity contribution in [1.82, 2.24) is 10.2 Å². The topological polar surface area (TPSA) is 49.4 Å². The van der Waals surface area contributed by atoms with Gasteiger partial charge >= 0.3 is 0 Å². The zero-order chi connectivity index (χ0) is 15.2. The van der Waals surface area contributed by atoms with E-state index in [9.17, 15) is 9.59 Å². The SMILES string of the molecule is CCC(NC(=O)CCN1CCSC1=O)c1ccc(Cl)cc1. The molecule has 1 aliphatic heterocycles. The van der Waals surface area contributed by atoms with E-state index in [0.717, 1.165) is 24.3 Å². The van der Waals surface area contributed by atoms with Gasteiger partial charge in [0.1, 0.15) is 0 Å². The van der Waals surface area contributed by atoms with Crippen LogP contribution in [-0.2, 0) is 4.79 Å². The summed E-state index contributed by atoms with van der Waals surface area (Å²) in [6.45, 7) is 3.26. The van der Waals surface area contributed by atoms with Crippen molar-refractivity contribution >= 4 is 34.5 Å². The molecule has 1 aromatic carbocycles. The minimum Gasteiger partial charge on any atom is -0.349 e. The fourth-order valence-electron chi connectivity index (χ4n) is 2.25. The average Bonchev–Trinajstić information content (AvgIpc) is 2.89. The number of halogens is 1. The minimum atomic E-state index is -0.0264. The lowest BCUT2D eigenvalue weighted by Gasteiger charge is -2.19. The standard InChI is InChI=1S/C15H19ClN2O2S/c1-2-13(11-3-5-12(16)6-4-11)17-14(19)7-8-18-9-10-21-15(18)20/h3-6,13H,2,7-10H2,1H3,(H,17,19). The second-order valence-corrected chi connectivity index (χ2v) is 6.41. The van der Waals surface area contributed by atoms with Crippen molar-refractivity contribution in [1.29, 1.82) is 0 Å². The predicted molar refractivity (Wildman–Crippen MR) is 86.7 cm³/mol. The Morgan fingerprint density at radius 2 is 2.14 bits per heavy atom. The van der Waals surface area contributed by atoms with Gasteiger partial charge in [0.25, 0.3) is 5.24 Å². The van der Waals surface area contributed by atoms with Crippen molar-refractivity contribution < 1.29 is 9.59 Å². The van der Waals surface area contributed by atoms with Crippen LogP contribution in [0.5, 0.6) is 0 Å². The summed E-state index contributed by atoms with van der Waals surface area (Å²) in [5.74, 6) is 0.796. The summed E-state index contributed by atoms with van der Waals surface area (Å²) >= 11 is 7.19. The zero-order valence-electron chi connectivity index (χ0n) is 12.0. The van der Waals surface area contributed by atoms with Crippen molar-refractivity contribution in [3.8, 4) is 0 Å². The van der Waals surface area contributed by atoms with Gasteiger partial charge in [0, 0.05) is 30.3 Å². The fourth-order valence-corrected chi connectivity index (χ4v) is 3.23. The highest BCUT2D eigenvalue weighted by atomic mass is 35.5. The monoisotopic (exact) mass is 326 g/mol. The van der Waals surface area contributed by atoms with Gasteiger partial charge in [0.15, 0.2) is 0 Å². The number of rotatable bonds is 6. The van der Waals surface area contributed by atoms with E-state index in [4.69, 9.17) is 11.6 Å². The molecule has 114 valence electrons. The summed E-state index contributed by atoms with van der Waals surface area (Å²) < 4.78 is 0. The van der Waals surface area contributed by atoms with Gasteiger partial charge in [-0.2, -0.15) is 0 Å². The highest BCUT2D eigenvalue weighted by Gasteiger charge is 2.22. The molecule has 0 saturated carbocycles. The summed E-state index contributed by atoms with van der Waals surface area (Å²) in [6, 6.07) is 7.49. The molecule has 2 rings (SSSR count). The van der Waals surface area contributed by atoms with Crippen molar-refractivity contribution in [2.45, 2.75) is 25.8 Å². The third kappa shape index (κ3) is 4.64. The molecule has 1 N–H and O–H groups in total. The average molecular weight is 327 g/mol. The van der Waals surface area contributed by atoms with Crippen LogP contribution < -0.4 is 5.32 Å². The van der Waals surface area contributed by atoms with Crippen molar-refractivity contribution in [2.24, 2.45) is 0 Å². The van der Waals surface area contributed by atoms with Gasteiger partial charge in [0.2, 0.25) is 5.91 Å². The predicted octanol–water partition coefficient (Wildman–Crippen LogP) is 3.47. The molecule has 0 bridgehead atoms. The maximum absolute atomic E-state index is 12.0. The Hall–Kier alpha value is -1.20. The lowest BCUT2D eigenvalue weighted by molar-refractivity contribution is -0.122. The Morgan fingerprint density at radius 1 is 1.43 bits per heavy atom. The molecular weight excluding hydrogens is 308 g/mol. The van der Waals surface area contributed by atoms with Gasteiger partial charge in [-0.05, 0) is 24.1 Å². The third-order valence-corrected chi connectivity index (χ3v) is 4.61. The van der Waals surface area contributed by atoms with Crippen LogP contribution in [0.3, 0.4) is 0 Å². The third-order valence-electron chi connectivity index (χ3n) is 3.47. The lowest BCUT2D eigenvalue weighted by atomic mass is 10.0. The Morgan fingerprint density at radius 3 is 2.71 bits per heavy atom. The number of nitrogens with zero attached hydrogens (tertiary/aromatic N) is 1. The van der Waals surface area contributed by atoms with E-state index >= 15 is 0 Å². The number of nitrogens with one attached hydrogen (secondary N) is 1. The quantitative estimate of drug-likeness (QED) is 0.871. The first-order valence-corrected chi connectivity index (χ1v) is 8.43. The molecule has 1 aliphatic rings. The number of benzene rings is 1. The van der Waals surface area contributed by atoms with Crippen LogP contribution in [0.4, 0.5) is 4.79 Å². The highest BCUT2D eigenvalue weighted by Crippen LogP contribution is 2.20. The molecule has 1 fully saturated rings. The number of amides is 2. The maximum Gasteiger partial charge on any atom is 0.281 e. The van der Waals surface area contributed by atoms with E-state index in [0.29, 0.717) is 18.0 Å². The number of carbonyl (C=O) groups is 2. The normalized spacial score (nSPS) is 16.1. The Labute approximate surface area is 134 Å². The van der Waals surface area contributed by atoms with E-state index in [-0.39, 0.29) is 17.2 Å². The molecule has 1 aromatic rings. The molecule has 1 atom stereocenters. The second-order valence-electron chi connectivity index (χ2n) is 4.93. The van der Waals surface area contributed by atoms with Crippen LogP contribution in [0.1, 0.15) is 31.4 Å². The highest BCUT2D eigenvalue weighted by molar-refractivity contribution is 8.13. The van der Waals surface area contributed by atoms with E-state index < -0.39 is 0 Å². The molecule has 4 nitrogen and oxygen atoms in total. The smallest absolute Gasteiger partial charge is 0.281 e. The molecular formula is C15H19ClN2O2S. The van der Waals surface area contributed by atoms with Crippen LogP contribution in [0, 0.1) is 0 Å². The molecule has 0 radical (unpaired) electrons. The number of hydrogen-bond donors (Lipinski definition) is 1. The summed E-state index contributed by atoms with van der Waals surface area (Å²) in [4.78, 5) is 25.2. The van der Waals surface area contributed by atoms with Gasteiger partial charge < -0.3 is 10.2 Å². The molecule has 1 saturated heterocycles. The molecule has 21 heavy (non-hydrogen) atoms. The van der Waals surface area contributed by atoms with E-state index in [2.05, 4.69) is 5.32 Å². The lowest BCUT2D eigenvalue weighted by Crippen LogP contribution is -2.33. The first-order valence-electron chi connectivity index (χ1n) is 7.06. The largest absolute Gasteiger partial charge is 0.349 e. The number of hydrogen-bond acceptors (Lipinski definition) is 3. The van der Waals surface area contributed by atoms with Crippen LogP contribution in [-0.4, -0.2) is 34.9 Å². The van der Waals surface area contributed by atoms with Crippen molar-refractivity contribution in [2.75, 3.05) is 18.8 Å². The summed E-state index contributed by atoms with van der Waals surface area (Å²) in [5, 5.41) is 3.78. The molecule has 0 spiro atoms. The van der Waals surface area contributed by atoms with Gasteiger partial charge in [0.05, 0.1) is 6.04 Å². The number of thioether (sulfide) groups is 1. The van der Waals surface area contributed by atoms with Crippen molar-refractivity contribution in [3.63, 3.8) is 0 Å². The van der Waals surface area contributed by atoms with Crippen LogP contribution in [0.15, 0.2) is 24.3 Å².